The molecular formula is C17H14ClN3O4. The summed E-state index contributed by atoms with van der Waals surface area (Å²) >= 11 is 5.85. The SMILES string of the molecule is Cc1ccc(Cl)cc1NC(=O)C(=O)N/N=C\c1ccc(C(=O)O)cc1. The number of benzene rings is 2. The molecule has 0 radical (unpaired) electrons. The van der Waals surface area contributed by atoms with E-state index in [1.807, 2.05) is 0 Å². The lowest BCUT2D eigenvalue weighted by atomic mass is 10.1. The van der Waals surface area contributed by atoms with Gasteiger partial charge >= 0.3 is 17.8 Å². The zero-order valence-electron chi connectivity index (χ0n) is 13.1. The third-order valence-electron chi connectivity index (χ3n) is 3.19. The van der Waals surface area contributed by atoms with Gasteiger partial charge < -0.3 is 10.4 Å². The van der Waals surface area contributed by atoms with Crippen molar-refractivity contribution < 1.29 is 19.5 Å². The van der Waals surface area contributed by atoms with Crippen LogP contribution >= 0.6 is 11.6 Å². The van der Waals surface area contributed by atoms with Crippen molar-refractivity contribution in [3.8, 4) is 0 Å². The summed E-state index contributed by atoms with van der Waals surface area (Å²) in [6.45, 7) is 1.77. The van der Waals surface area contributed by atoms with Crippen molar-refractivity contribution in [2.75, 3.05) is 5.32 Å². The summed E-state index contributed by atoms with van der Waals surface area (Å²) in [5.41, 5.74) is 3.98. The van der Waals surface area contributed by atoms with E-state index in [1.54, 1.807) is 19.1 Å². The third-order valence-corrected chi connectivity index (χ3v) is 3.43. The molecule has 2 amide bonds. The van der Waals surface area contributed by atoms with Gasteiger partial charge in [0.05, 0.1) is 11.8 Å². The minimum Gasteiger partial charge on any atom is -0.478 e. The highest BCUT2D eigenvalue weighted by Crippen LogP contribution is 2.19. The van der Waals surface area contributed by atoms with Crippen LogP contribution in [0, 0.1) is 6.92 Å². The third kappa shape index (κ3) is 5.15. The van der Waals surface area contributed by atoms with E-state index in [9.17, 15) is 14.4 Å². The molecule has 3 N–H and O–H groups in total. The van der Waals surface area contributed by atoms with E-state index in [1.165, 1.54) is 36.5 Å². The molecule has 0 fully saturated rings. The molecule has 2 rings (SSSR count). The molecule has 0 heterocycles. The Morgan fingerprint density at radius 3 is 2.40 bits per heavy atom. The Morgan fingerprint density at radius 2 is 1.76 bits per heavy atom. The average Bonchev–Trinajstić information content (AvgIpc) is 2.58. The van der Waals surface area contributed by atoms with Gasteiger partial charge in [-0.3, -0.25) is 9.59 Å². The van der Waals surface area contributed by atoms with E-state index in [0.717, 1.165) is 5.56 Å². The van der Waals surface area contributed by atoms with Crippen LogP contribution in [0.25, 0.3) is 0 Å². The van der Waals surface area contributed by atoms with Crippen molar-refractivity contribution in [1.82, 2.24) is 5.43 Å². The van der Waals surface area contributed by atoms with Gasteiger partial charge in [0.1, 0.15) is 0 Å². The van der Waals surface area contributed by atoms with Crippen molar-refractivity contribution >= 4 is 41.3 Å². The fraction of sp³-hybridized carbons (Fsp3) is 0.0588. The Bertz CT molecular complexity index is 847. The molecule has 0 aliphatic rings. The van der Waals surface area contributed by atoms with Gasteiger partial charge in [-0.15, -0.1) is 0 Å². The van der Waals surface area contributed by atoms with Crippen LogP contribution in [0.5, 0.6) is 0 Å². The minimum atomic E-state index is -1.04. The van der Waals surface area contributed by atoms with Crippen LogP contribution in [0.3, 0.4) is 0 Å². The molecule has 0 saturated carbocycles. The van der Waals surface area contributed by atoms with Crippen LogP contribution in [0.4, 0.5) is 5.69 Å². The summed E-state index contributed by atoms with van der Waals surface area (Å²) in [6, 6.07) is 10.8. The summed E-state index contributed by atoms with van der Waals surface area (Å²) in [4.78, 5) is 34.3. The van der Waals surface area contributed by atoms with Crippen molar-refractivity contribution in [1.29, 1.82) is 0 Å². The zero-order chi connectivity index (χ0) is 18.4. The number of nitrogens with zero attached hydrogens (tertiary/aromatic N) is 1. The van der Waals surface area contributed by atoms with Crippen molar-refractivity contribution in [2.24, 2.45) is 5.10 Å². The number of carbonyl (C=O) groups is 3. The van der Waals surface area contributed by atoms with E-state index < -0.39 is 17.8 Å². The molecule has 2 aromatic rings. The van der Waals surface area contributed by atoms with Crippen molar-refractivity contribution in [2.45, 2.75) is 6.92 Å². The summed E-state index contributed by atoms with van der Waals surface area (Å²) in [7, 11) is 0. The Balaban J connectivity index is 1.93. The standard InChI is InChI=1S/C17H14ClN3O4/c1-10-2-7-13(18)8-14(10)20-15(22)16(23)21-19-9-11-3-5-12(6-4-11)17(24)25/h2-9H,1H3,(H,20,22)(H,21,23)(H,24,25)/b19-9-. The number of hydrazone groups is 1. The van der Waals surface area contributed by atoms with E-state index in [0.29, 0.717) is 16.3 Å². The normalized spacial score (nSPS) is 10.5. The Kier molecular flexibility index (Phi) is 5.86. The van der Waals surface area contributed by atoms with Crippen LogP contribution in [0.2, 0.25) is 5.02 Å². The molecule has 0 spiro atoms. The summed E-state index contributed by atoms with van der Waals surface area (Å²) in [5, 5.41) is 15.3. The van der Waals surface area contributed by atoms with Crippen LogP contribution in [-0.4, -0.2) is 29.1 Å². The average molecular weight is 360 g/mol. The largest absolute Gasteiger partial charge is 0.478 e. The fourth-order valence-electron chi connectivity index (χ4n) is 1.84. The molecule has 0 aliphatic carbocycles. The maximum atomic E-state index is 11.8. The molecule has 2 aromatic carbocycles. The highest BCUT2D eigenvalue weighted by Gasteiger charge is 2.14. The van der Waals surface area contributed by atoms with Gasteiger partial charge in [-0.05, 0) is 42.3 Å². The Morgan fingerprint density at radius 1 is 1.08 bits per heavy atom. The number of amides is 2. The topological polar surface area (TPSA) is 108 Å². The smallest absolute Gasteiger partial charge is 0.335 e. The van der Waals surface area contributed by atoms with E-state index >= 15 is 0 Å². The molecule has 0 atom stereocenters. The van der Waals surface area contributed by atoms with Gasteiger partial charge in [-0.2, -0.15) is 5.10 Å². The summed E-state index contributed by atoms with van der Waals surface area (Å²) < 4.78 is 0. The first-order valence-corrected chi connectivity index (χ1v) is 7.48. The van der Waals surface area contributed by atoms with Gasteiger partial charge in [0, 0.05) is 10.7 Å². The van der Waals surface area contributed by atoms with E-state index in [2.05, 4.69) is 15.8 Å². The number of halogens is 1. The maximum Gasteiger partial charge on any atom is 0.335 e. The zero-order valence-corrected chi connectivity index (χ0v) is 13.9. The first-order valence-electron chi connectivity index (χ1n) is 7.10. The number of aromatic carboxylic acids is 1. The van der Waals surface area contributed by atoms with Gasteiger partial charge in [0.2, 0.25) is 0 Å². The van der Waals surface area contributed by atoms with Crippen molar-refractivity contribution in [3.05, 3.63) is 64.2 Å². The number of aryl methyl sites for hydroxylation is 1. The maximum absolute atomic E-state index is 11.8. The molecular weight excluding hydrogens is 346 g/mol. The molecule has 7 nitrogen and oxygen atoms in total. The molecule has 25 heavy (non-hydrogen) atoms. The lowest BCUT2D eigenvalue weighted by molar-refractivity contribution is -0.136. The molecule has 128 valence electrons. The minimum absolute atomic E-state index is 0.137. The predicted octanol–water partition coefficient (Wildman–Crippen LogP) is 2.44. The second kappa shape index (κ2) is 8.07. The van der Waals surface area contributed by atoms with E-state index in [4.69, 9.17) is 16.7 Å². The number of carboxylic acids is 1. The monoisotopic (exact) mass is 359 g/mol. The molecule has 0 unspecified atom stereocenters. The van der Waals surface area contributed by atoms with Gasteiger partial charge in [0.15, 0.2) is 0 Å². The Hall–Kier alpha value is -3.19. The van der Waals surface area contributed by atoms with Crippen LogP contribution < -0.4 is 10.7 Å². The second-order valence-electron chi connectivity index (χ2n) is 5.04. The first kappa shape index (κ1) is 18.2. The lowest BCUT2D eigenvalue weighted by Crippen LogP contribution is -2.32. The molecule has 0 aromatic heterocycles. The van der Waals surface area contributed by atoms with Gasteiger partial charge in [-0.1, -0.05) is 29.8 Å². The quantitative estimate of drug-likeness (QED) is 0.442. The highest BCUT2D eigenvalue weighted by atomic mass is 35.5. The molecule has 0 aliphatic heterocycles. The van der Waals surface area contributed by atoms with Gasteiger partial charge in [-0.25, -0.2) is 10.2 Å². The molecule has 8 heteroatoms. The number of anilines is 1. The lowest BCUT2D eigenvalue weighted by Gasteiger charge is -2.07. The number of rotatable bonds is 4. The molecule has 0 saturated heterocycles. The van der Waals surface area contributed by atoms with Crippen LogP contribution in [0.15, 0.2) is 47.6 Å². The number of nitrogens with one attached hydrogen (secondary N) is 2. The van der Waals surface area contributed by atoms with Crippen LogP contribution in [0.1, 0.15) is 21.5 Å². The number of hydrogen-bond donors (Lipinski definition) is 3. The van der Waals surface area contributed by atoms with Crippen molar-refractivity contribution in [3.63, 3.8) is 0 Å². The van der Waals surface area contributed by atoms with Crippen LogP contribution in [-0.2, 0) is 9.59 Å². The highest BCUT2D eigenvalue weighted by molar-refractivity contribution is 6.40. The summed E-state index contributed by atoms with van der Waals surface area (Å²) in [6.07, 6.45) is 1.29. The second-order valence-corrected chi connectivity index (χ2v) is 5.48. The van der Waals surface area contributed by atoms with E-state index in [-0.39, 0.29) is 5.56 Å². The number of hydrogen-bond acceptors (Lipinski definition) is 4. The Labute approximate surface area is 148 Å². The predicted molar refractivity (Wildman–Crippen MR) is 94.0 cm³/mol. The number of carboxylic acid groups (broad SMARTS) is 1. The molecule has 0 bridgehead atoms. The van der Waals surface area contributed by atoms with Gasteiger partial charge in [0.25, 0.3) is 0 Å². The number of carbonyl (C=O) groups excluding carboxylic acids is 2. The fourth-order valence-corrected chi connectivity index (χ4v) is 2.01. The summed E-state index contributed by atoms with van der Waals surface area (Å²) in [5.74, 6) is -2.87. The first-order chi connectivity index (χ1) is 11.9.